The Morgan fingerprint density at radius 1 is 1.22 bits per heavy atom. The van der Waals surface area contributed by atoms with Gasteiger partial charge in [-0.2, -0.15) is 0 Å². The Morgan fingerprint density at radius 2 is 1.91 bits per heavy atom. The Bertz CT molecular complexity index is 756. The topological polar surface area (TPSA) is 59.1 Å². The van der Waals surface area contributed by atoms with Crippen LogP contribution in [-0.2, 0) is 22.9 Å². The highest BCUT2D eigenvalue weighted by molar-refractivity contribution is 7.93. The molecule has 1 aliphatic rings. The third-order valence-electron chi connectivity index (χ3n) is 4.44. The molecule has 1 unspecified atom stereocenters. The minimum absolute atomic E-state index is 0.290. The van der Waals surface area contributed by atoms with E-state index in [0.29, 0.717) is 11.0 Å². The van der Waals surface area contributed by atoms with Gasteiger partial charge in [-0.25, -0.2) is 13.4 Å². The summed E-state index contributed by atoms with van der Waals surface area (Å²) in [4.78, 5) is 5.96. The first-order valence-electron chi connectivity index (χ1n) is 8.11. The number of thiazole rings is 1. The lowest BCUT2D eigenvalue weighted by molar-refractivity contribution is 0.601. The van der Waals surface area contributed by atoms with Crippen molar-refractivity contribution in [3.05, 3.63) is 40.4 Å². The number of benzene rings is 1. The molecule has 1 aliphatic carbocycles. The Kier molecular flexibility index (Phi) is 4.73. The molecule has 23 heavy (non-hydrogen) atoms. The first kappa shape index (κ1) is 16.5. The Morgan fingerprint density at radius 3 is 2.57 bits per heavy atom. The molecule has 3 rings (SSSR count). The second-order valence-corrected chi connectivity index (χ2v) is 8.85. The second kappa shape index (κ2) is 6.61. The van der Waals surface area contributed by atoms with E-state index >= 15 is 0 Å². The monoisotopic (exact) mass is 350 g/mol. The smallest absolute Gasteiger partial charge is 0.255 e. The van der Waals surface area contributed by atoms with Gasteiger partial charge in [-0.1, -0.05) is 26.0 Å². The Balaban J connectivity index is 1.80. The van der Waals surface area contributed by atoms with Crippen molar-refractivity contribution < 1.29 is 8.42 Å². The molecule has 4 nitrogen and oxygen atoms in total. The number of nitrogens with one attached hydrogen (secondary N) is 1. The quantitative estimate of drug-likeness (QED) is 0.873. The first-order valence-corrected chi connectivity index (χ1v) is 10.4. The van der Waals surface area contributed by atoms with Crippen molar-refractivity contribution in [3.63, 3.8) is 0 Å². The normalized spacial score (nSPS) is 15.9. The van der Waals surface area contributed by atoms with Gasteiger partial charge < -0.3 is 0 Å². The highest BCUT2D eigenvalue weighted by atomic mass is 32.2. The van der Waals surface area contributed by atoms with Crippen LogP contribution in [0, 0.1) is 0 Å². The van der Waals surface area contributed by atoms with Gasteiger partial charge in [0.05, 0.1) is 10.6 Å². The first-order chi connectivity index (χ1) is 11.0. The highest BCUT2D eigenvalue weighted by Gasteiger charge is 2.20. The zero-order chi connectivity index (χ0) is 16.4. The van der Waals surface area contributed by atoms with E-state index in [0.717, 1.165) is 36.9 Å². The minimum Gasteiger partial charge on any atom is -0.255 e. The van der Waals surface area contributed by atoms with Crippen molar-refractivity contribution in [1.29, 1.82) is 0 Å². The van der Waals surface area contributed by atoms with E-state index < -0.39 is 10.0 Å². The van der Waals surface area contributed by atoms with Crippen molar-refractivity contribution in [2.45, 2.75) is 56.8 Å². The average Bonchev–Trinajstić information content (AvgIpc) is 2.95. The van der Waals surface area contributed by atoms with Gasteiger partial charge in [0.1, 0.15) is 0 Å². The number of aromatic nitrogens is 1. The maximum absolute atomic E-state index is 12.5. The SMILES string of the molecule is CCC(C)c1ccc(S(=O)(=O)Nc2nc3c(s2)CCCC3)cc1. The molecule has 1 N–H and O–H groups in total. The lowest BCUT2D eigenvalue weighted by atomic mass is 9.99. The molecule has 1 aromatic heterocycles. The molecule has 124 valence electrons. The van der Waals surface area contributed by atoms with Crippen molar-refractivity contribution in [2.75, 3.05) is 4.72 Å². The number of hydrogen-bond acceptors (Lipinski definition) is 4. The number of anilines is 1. The van der Waals surface area contributed by atoms with E-state index in [4.69, 9.17) is 0 Å². The average molecular weight is 351 g/mol. The van der Waals surface area contributed by atoms with Gasteiger partial charge in [0, 0.05) is 4.88 Å². The van der Waals surface area contributed by atoms with Crippen LogP contribution >= 0.6 is 11.3 Å². The largest absolute Gasteiger partial charge is 0.263 e. The fourth-order valence-corrected chi connectivity index (χ4v) is 5.07. The van der Waals surface area contributed by atoms with E-state index in [1.54, 1.807) is 12.1 Å². The summed E-state index contributed by atoms with van der Waals surface area (Å²) in [5.41, 5.74) is 2.22. The van der Waals surface area contributed by atoms with Gasteiger partial charge in [-0.3, -0.25) is 4.72 Å². The van der Waals surface area contributed by atoms with Gasteiger partial charge in [-0.15, -0.1) is 11.3 Å². The zero-order valence-electron chi connectivity index (χ0n) is 13.5. The predicted octanol–water partition coefficient (Wildman–Crippen LogP) is 4.34. The molecular weight excluding hydrogens is 328 g/mol. The molecule has 0 fully saturated rings. The predicted molar refractivity (Wildman–Crippen MR) is 94.7 cm³/mol. The summed E-state index contributed by atoms with van der Waals surface area (Å²) in [5, 5.41) is 0.489. The summed E-state index contributed by atoms with van der Waals surface area (Å²) in [7, 11) is -3.56. The van der Waals surface area contributed by atoms with Crippen LogP contribution in [0.25, 0.3) is 0 Å². The number of nitrogens with zero attached hydrogens (tertiary/aromatic N) is 1. The Hall–Kier alpha value is -1.40. The third-order valence-corrected chi connectivity index (χ3v) is 7.00. The molecule has 0 amide bonds. The van der Waals surface area contributed by atoms with Crippen molar-refractivity contribution in [3.8, 4) is 0 Å². The summed E-state index contributed by atoms with van der Waals surface area (Å²) in [6, 6.07) is 7.15. The van der Waals surface area contributed by atoms with Crippen molar-refractivity contribution in [1.82, 2.24) is 4.98 Å². The molecule has 0 bridgehead atoms. The number of aryl methyl sites for hydroxylation is 2. The van der Waals surface area contributed by atoms with Crippen molar-refractivity contribution >= 4 is 26.5 Å². The van der Waals surface area contributed by atoms with Crippen LogP contribution in [0.4, 0.5) is 5.13 Å². The molecular formula is C17H22N2O2S2. The van der Waals surface area contributed by atoms with Gasteiger partial charge >= 0.3 is 0 Å². The van der Waals surface area contributed by atoms with Gasteiger partial charge in [0.25, 0.3) is 10.0 Å². The molecule has 6 heteroatoms. The summed E-state index contributed by atoms with van der Waals surface area (Å²) in [6.45, 7) is 4.27. The number of sulfonamides is 1. The maximum atomic E-state index is 12.5. The summed E-state index contributed by atoms with van der Waals surface area (Å²) in [5.74, 6) is 0.436. The molecule has 1 aromatic carbocycles. The van der Waals surface area contributed by atoms with E-state index in [-0.39, 0.29) is 4.90 Å². The number of rotatable bonds is 5. The highest BCUT2D eigenvalue weighted by Crippen LogP contribution is 2.31. The Labute approximate surface area is 142 Å². The third kappa shape index (κ3) is 3.58. The molecule has 0 spiro atoms. The van der Waals surface area contributed by atoms with Crippen LogP contribution in [0.1, 0.15) is 55.2 Å². The maximum Gasteiger partial charge on any atom is 0.263 e. The standard InChI is InChI=1S/C17H22N2O2S2/c1-3-12(2)13-8-10-14(11-9-13)23(20,21)19-17-18-15-6-4-5-7-16(15)22-17/h8-12H,3-7H2,1-2H3,(H,18,19). The second-order valence-electron chi connectivity index (χ2n) is 6.08. The zero-order valence-corrected chi connectivity index (χ0v) is 15.1. The fourth-order valence-electron chi connectivity index (χ4n) is 2.78. The molecule has 2 aromatic rings. The van der Waals surface area contributed by atoms with E-state index in [2.05, 4.69) is 23.6 Å². The van der Waals surface area contributed by atoms with E-state index in [1.807, 2.05) is 12.1 Å². The van der Waals surface area contributed by atoms with Gasteiger partial charge in [0.2, 0.25) is 0 Å². The van der Waals surface area contributed by atoms with Crippen LogP contribution in [0.2, 0.25) is 0 Å². The van der Waals surface area contributed by atoms with Crippen LogP contribution in [-0.4, -0.2) is 13.4 Å². The van der Waals surface area contributed by atoms with Crippen LogP contribution < -0.4 is 4.72 Å². The molecule has 0 saturated heterocycles. The van der Waals surface area contributed by atoms with Crippen molar-refractivity contribution in [2.24, 2.45) is 0 Å². The number of hydrogen-bond donors (Lipinski definition) is 1. The van der Waals surface area contributed by atoms with Gasteiger partial charge in [0.15, 0.2) is 5.13 Å². The molecule has 0 saturated carbocycles. The number of fused-ring (bicyclic) bond motifs is 1. The minimum atomic E-state index is -3.56. The van der Waals surface area contributed by atoms with Crippen LogP contribution in [0.15, 0.2) is 29.2 Å². The molecule has 0 aliphatic heterocycles. The van der Waals surface area contributed by atoms with Crippen LogP contribution in [0.3, 0.4) is 0 Å². The summed E-state index contributed by atoms with van der Waals surface area (Å²) in [6.07, 6.45) is 5.31. The van der Waals surface area contributed by atoms with Gasteiger partial charge in [-0.05, 0) is 55.7 Å². The lowest BCUT2D eigenvalue weighted by Gasteiger charge is -2.10. The van der Waals surface area contributed by atoms with E-state index in [1.165, 1.54) is 22.6 Å². The fraction of sp³-hybridized carbons (Fsp3) is 0.471. The molecule has 0 radical (unpaired) electrons. The van der Waals surface area contributed by atoms with E-state index in [9.17, 15) is 8.42 Å². The van der Waals surface area contributed by atoms with Crippen LogP contribution in [0.5, 0.6) is 0 Å². The lowest BCUT2D eigenvalue weighted by Crippen LogP contribution is -2.13. The molecule has 1 atom stereocenters. The summed E-state index contributed by atoms with van der Waals surface area (Å²) < 4.78 is 27.7. The molecule has 1 heterocycles. The summed E-state index contributed by atoms with van der Waals surface area (Å²) >= 11 is 1.47.